The van der Waals surface area contributed by atoms with Gasteiger partial charge in [-0.15, -0.1) is 0 Å². The second-order valence-electron chi connectivity index (χ2n) is 10.7. The molecule has 1 fully saturated rings. The SMILES string of the molecule is CN=C(N)N[C@H](CCCC(=O)CC(=O)CCc1cc(CNC)c(O)c(OC2CCCC2)c1)CC[NH+]1C=CNC1. The van der Waals surface area contributed by atoms with Gasteiger partial charge in [-0.05, 0) is 63.6 Å². The number of aromatic hydroxyl groups is 1. The molecule has 7 N–H and O–H groups in total. The van der Waals surface area contributed by atoms with Gasteiger partial charge in [-0.25, -0.2) is 0 Å². The van der Waals surface area contributed by atoms with E-state index in [1.54, 1.807) is 7.05 Å². The summed E-state index contributed by atoms with van der Waals surface area (Å²) >= 11 is 0. The number of aliphatic imine (C=N–C) groups is 1. The van der Waals surface area contributed by atoms with Crippen molar-refractivity contribution in [1.29, 1.82) is 0 Å². The normalized spacial score (nSPS) is 18.2. The van der Waals surface area contributed by atoms with Crippen LogP contribution in [0.4, 0.5) is 0 Å². The summed E-state index contributed by atoms with van der Waals surface area (Å²) in [5.41, 5.74) is 7.57. The van der Waals surface area contributed by atoms with Crippen LogP contribution in [-0.2, 0) is 22.6 Å². The topological polar surface area (TPSA) is 143 Å². The van der Waals surface area contributed by atoms with Crippen LogP contribution in [0.25, 0.3) is 0 Å². The van der Waals surface area contributed by atoms with Gasteiger partial charge in [0, 0.05) is 44.5 Å². The molecule has 0 aromatic heterocycles. The Morgan fingerprint density at radius 1 is 1.23 bits per heavy atom. The van der Waals surface area contributed by atoms with Gasteiger partial charge in [-0.1, -0.05) is 6.07 Å². The molecule has 1 aromatic rings. The number of phenols is 1. The summed E-state index contributed by atoms with van der Waals surface area (Å²) in [6.07, 6.45) is 12.0. The van der Waals surface area contributed by atoms with Crippen molar-refractivity contribution >= 4 is 17.5 Å². The van der Waals surface area contributed by atoms with Gasteiger partial charge in [-0.2, -0.15) is 0 Å². The van der Waals surface area contributed by atoms with Crippen LogP contribution in [0, 0.1) is 0 Å². The average molecular weight is 544 g/mol. The smallest absolute Gasteiger partial charge is 0.188 e. The van der Waals surface area contributed by atoms with Gasteiger partial charge in [0.1, 0.15) is 17.8 Å². The van der Waals surface area contributed by atoms with Crippen LogP contribution in [0.15, 0.2) is 29.5 Å². The molecule has 0 saturated heterocycles. The molecule has 1 aliphatic heterocycles. The van der Waals surface area contributed by atoms with Crippen molar-refractivity contribution in [2.24, 2.45) is 10.7 Å². The number of guanidine groups is 1. The molecule has 0 radical (unpaired) electrons. The third-order valence-corrected chi connectivity index (χ3v) is 7.44. The van der Waals surface area contributed by atoms with Crippen molar-refractivity contribution < 1.29 is 24.3 Å². The minimum absolute atomic E-state index is 0.0278. The molecule has 1 heterocycles. The molecule has 10 heteroatoms. The summed E-state index contributed by atoms with van der Waals surface area (Å²) in [5.74, 6) is 0.964. The fourth-order valence-corrected chi connectivity index (χ4v) is 5.22. The van der Waals surface area contributed by atoms with E-state index in [1.807, 2.05) is 25.4 Å². The standard InChI is InChI=1S/C29H46N6O4/c1-31-19-22-16-21(17-27(28(22)38)39-26-8-3-4-9-26)10-11-25(37)18-24(36)7-5-6-23(34-29(30)32-2)12-14-35-15-13-33-20-35/h13,15-17,23,26,31,33,38H,3-12,14,18-20H2,1-2H3,(H3,30,32,34)/p+1/t23-/m1/s1. The van der Waals surface area contributed by atoms with Crippen LogP contribution in [-0.4, -0.2) is 62.1 Å². The summed E-state index contributed by atoms with van der Waals surface area (Å²) in [6.45, 7) is 2.33. The zero-order valence-electron chi connectivity index (χ0n) is 23.6. The monoisotopic (exact) mass is 543 g/mol. The number of carbonyl (C=O) groups is 2. The van der Waals surface area contributed by atoms with E-state index in [-0.39, 0.29) is 42.3 Å². The first kappa shape index (κ1) is 30.4. The Morgan fingerprint density at radius 3 is 2.69 bits per heavy atom. The molecule has 39 heavy (non-hydrogen) atoms. The summed E-state index contributed by atoms with van der Waals surface area (Å²) in [4.78, 5) is 30.5. The van der Waals surface area contributed by atoms with Gasteiger partial charge in [0.15, 0.2) is 24.1 Å². The number of phenolic OH excluding ortho intramolecular Hbond substituents is 1. The largest absolute Gasteiger partial charge is 0.504 e. The van der Waals surface area contributed by atoms with Crippen molar-refractivity contribution in [2.75, 3.05) is 27.3 Å². The Hall–Kier alpha value is -3.11. The molecule has 2 atom stereocenters. The molecule has 1 aromatic carbocycles. The molecule has 216 valence electrons. The zero-order valence-corrected chi connectivity index (χ0v) is 23.6. The maximum atomic E-state index is 12.6. The number of quaternary nitrogens is 1. The lowest BCUT2D eigenvalue weighted by Gasteiger charge is -2.20. The van der Waals surface area contributed by atoms with Gasteiger partial charge in [0.05, 0.1) is 25.3 Å². The quantitative estimate of drug-likeness (QED) is 0.0980. The average Bonchev–Trinajstić information content (AvgIpc) is 3.63. The highest BCUT2D eigenvalue weighted by Crippen LogP contribution is 2.35. The number of ether oxygens (including phenoxy) is 1. The Morgan fingerprint density at radius 2 is 2.00 bits per heavy atom. The van der Waals surface area contributed by atoms with Crippen LogP contribution in [0.1, 0.15) is 75.3 Å². The lowest BCUT2D eigenvalue weighted by Crippen LogP contribution is -3.07. The third kappa shape index (κ3) is 10.5. The van der Waals surface area contributed by atoms with Gasteiger partial charge in [-0.3, -0.25) is 19.5 Å². The Bertz CT molecular complexity index is 1010. The molecule has 1 unspecified atom stereocenters. The summed E-state index contributed by atoms with van der Waals surface area (Å²) in [6, 6.07) is 3.88. The fraction of sp³-hybridized carbons (Fsp3) is 0.621. The van der Waals surface area contributed by atoms with Crippen LogP contribution < -0.4 is 31.3 Å². The molecular formula is C29H47N6O4+. The maximum absolute atomic E-state index is 12.6. The number of nitrogens with one attached hydrogen (secondary N) is 4. The van der Waals surface area contributed by atoms with Crippen molar-refractivity contribution in [1.82, 2.24) is 16.0 Å². The molecule has 0 spiro atoms. The Balaban J connectivity index is 1.44. The highest BCUT2D eigenvalue weighted by atomic mass is 16.5. The number of carbonyl (C=O) groups excluding carboxylic acids is 2. The molecule has 10 nitrogen and oxygen atoms in total. The second kappa shape index (κ2) is 16.1. The number of benzene rings is 1. The number of hydrogen-bond donors (Lipinski definition) is 6. The minimum Gasteiger partial charge on any atom is -0.504 e. The predicted molar refractivity (Wildman–Crippen MR) is 153 cm³/mol. The van der Waals surface area contributed by atoms with Crippen molar-refractivity contribution in [2.45, 2.75) is 89.3 Å². The van der Waals surface area contributed by atoms with E-state index in [2.05, 4.69) is 27.1 Å². The van der Waals surface area contributed by atoms with Gasteiger partial charge in [0.25, 0.3) is 0 Å². The Labute approximate surface area is 232 Å². The molecule has 1 saturated carbocycles. The highest BCUT2D eigenvalue weighted by Gasteiger charge is 2.21. The lowest BCUT2D eigenvalue weighted by molar-refractivity contribution is -0.843. The van der Waals surface area contributed by atoms with E-state index in [9.17, 15) is 14.7 Å². The van der Waals surface area contributed by atoms with Crippen molar-refractivity contribution in [3.05, 3.63) is 35.7 Å². The third-order valence-electron chi connectivity index (χ3n) is 7.44. The molecule has 0 bridgehead atoms. The van der Waals surface area contributed by atoms with E-state index in [1.165, 1.54) is 4.90 Å². The van der Waals surface area contributed by atoms with E-state index in [4.69, 9.17) is 10.5 Å². The number of rotatable bonds is 17. The first-order chi connectivity index (χ1) is 18.9. The van der Waals surface area contributed by atoms with Gasteiger partial charge in [0.2, 0.25) is 0 Å². The lowest BCUT2D eigenvalue weighted by atomic mass is 9.99. The zero-order chi connectivity index (χ0) is 28.0. The van der Waals surface area contributed by atoms with E-state index < -0.39 is 0 Å². The molecule has 1 aliphatic carbocycles. The number of aryl methyl sites for hydroxylation is 1. The fourth-order valence-electron chi connectivity index (χ4n) is 5.22. The number of hydrogen-bond acceptors (Lipinski definition) is 7. The maximum Gasteiger partial charge on any atom is 0.188 e. The summed E-state index contributed by atoms with van der Waals surface area (Å²) in [7, 11) is 3.48. The van der Waals surface area contributed by atoms with Crippen LogP contribution in [0.2, 0.25) is 0 Å². The summed E-state index contributed by atoms with van der Waals surface area (Å²) in [5, 5.41) is 20.2. The van der Waals surface area contributed by atoms with E-state index in [0.717, 1.165) is 62.9 Å². The second-order valence-corrected chi connectivity index (χ2v) is 10.7. The van der Waals surface area contributed by atoms with E-state index in [0.29, 0.717) is 37.5 Å². The summed E-state index contributed by atoms with van der Waals surface area (Å²) < 4.78 is 6.10. The van der Waals surface area contributed by atoms with Crippen molar-refractivity contribution in [3.63, 3.8) is 0 Å². The van der Waals surface area contributed by atoms with Crippen LogP contribution in [0.3, 0.4) is 0 Å². The molecular weight excluding hydrogens is 496 g/mol. The predicted octanol–water partition coefficient (Wildman–Crippen LogP) is 1.27. The number of ketones is 2. The first-order valence-electron chi connectivity index (χ1n) is 14.3. The number of nitrogens with two attached hydrogens (primary N) is 1. The van der Waals surface area contributed by atoms with Crippen LogP contribution >= 0.6 is 0 Å². The number of nitrogens with zero attached hydrogens (tertiary/aromatic N) is 1. The molecule has 3 rings (SSSR count). The minimum atomic E-state index is -0.0598. The van der Waals surface area contributed by atoms with Gasteiger partial charge >= 0.3 is 0 Å². The molecule has 0 amide bonds. The van der Waals surface area contributed by atoms with Crippen LogP contribution in [0.5, 0.6) is 11.5 Å². The van der Waals surface area contributed by atoms with E-state index >= 15 is 0 Å². The Kier molecular flexibility index (Phi) is 12.6. The number of Topliss-reactive ketones (excluding diaryl/α,β-unsaturated/α-hetero) is 2. The van der Waals surface area contributed by atoms with Gasteiger partial charge < -0.3 is 31.5 Å². The highest BCUT2D eigenvalue weighted by molar-refractivity contribution is 5.99. The first-order valence-corrected chi connectivity index (χ1v) is 14.3. The molecule has 2 aliphatic rings. The van der Waals surface area contributed by atoms with Crippen molar-refractivity contribution in [3.8, 4) is 11.5 Å².